The second kappa shape index (κ2) is 5.89. The summed E-state index contributed by atoms with van der Waals surface area (Å²) in [6.07, 6.45) is 7.29. The molecule has 0 radical (unpaired) electrons. The zero-order chi connectivity index (χ0) is 12.4. The molecule has 3 nitrogen and oxygen atoms in total. The minimum atomic E-state index is 0.842. The van der Waals surface area contributed by atoms with E-state index in [1.807, 2.05) is 0 Å². The van der Waals surface area contributed by atoms with Crippen LogP contribution in [0.4, 0.5) is 0 Å². The molecule has 1 saturated carbocycles. The van der Waals surface area contributed by atoms with Crippen molar-refractivity contribution in [3.63, 3.8) is 0 Å². The van der Waals surface area contributed by atoms with Crippen LogP contribution in [0.2, 0.25) is 0 Å². The molecule has 2 aliphatic heterocycles. The van der Waals surface area contributed by atoms with Crippen LogP contribution in [-0.2, 0) is 0 Å². The van der Waals surface area contributed by atoms with Crippen molar-refractivity contribution >= 4 is 0 Å². The predicted octanol–water partition coefficient (Wildman–Crippen LogP) is 1.50. The first-order valence-electron chi connectivity index (χ1n) is 7.96. The van der Waals surface area contributed by atoms with Crippen molar-refractivity contribution in [3.05, 3.63) is 0 Å². The lowest BCUT2D eigenvalue weighted by Gasteiger charge is -2.44. The quantitative estimate of drug-likeness (QED) is 0.752. The summed E-state index contributed by atoms with van der Waals surface area (Å²) in [4.78, 5) is 7.98. The van der Waals surface area contributed by atoms with Crippen molar-refractivity contribution in [3.8, 4) is 0 Å². The van der Waals surface area contributed by atoms with Gasteiger partial charge in [0.25, 0.3) is 0 Å². The molecule has 2 heterocycles. The van der Waals surface area contributed by atoms with Crippen molar-refractivity contribution in [2.75, 3.05) is 52.9 Å². The summed E-state index contributed by atoms with van der Waals surface area (Å²) in [7, 11) is 2.28. The summed E-state index contributed by atoms with van der Waals surface area (Å²) in [6.45, 7) is 9.24. The Kier molecular flexibility index (Phi) is 4.22. The Balaban J connectivity index is 1.41. The first-order valence-corrected chi connectivity index (χ1v) is 7.96. The van der Waals surface area contributed by atoms with E-state index >= 15 is 0 Å². The Labute approximate surface area is 112 Å². The van der Waals surface area contributed by atoms with Gasteiger partial charge in [-0.2, -0.15) is 0 Å². The molecule has 0 aromatic carbocycles. The molecule has 0 spiro atoms. The van der Waals surface area contributed by atoms with Crippen LogP contribution in [0.15, 0.2) is 0 Å². The molecule has 3 fully saturated rings. The van der Waals surface area contributed by atoms with E-state index in [2.05, 4.69) is 21.7 Å². The molecule has 0 amide bonds. The van der Waals surface area contributed by atoms with Gasteiger partial charge in [0.1, 0.15) is 0 Å². The SMILES string of the molecule is CN1CCCC(N2CCN(CC3CCC3)CC2)C1. The Hall–Kier alpha value is -0.120. The normalized spacial score (nSPS) is 33.5. The van der Waals surface area contributed by atoms with Crippen molar-refractivity contribution in [2.24, 2.45) is 5.92 Å². The topological polar surface area (TPSA) is 9.72 Å². The number of piperazine rings is 1. The van der Waals surface area contributed by atoms with E-state index in [4.69, 9.17) is 0 Å². The number of hydrogen-bond donors (Lipinski definition) is 0. The van der Waals surface area contributed by atoms with Crippen LogP contribution < -0.4 is 0 Å². The van der Waals surface area contributed by atoms with Crippen LogP contribution in [0.3, 0.4) is 0 Å². The van der Waals surface area contributed by atoms with Gasteiger partial charge in [-0.1, -0.05) is 6.42 Å². The molecular weight excluding hydrogens is 222 g/mol. The molecule has 3 heteroatoms. The molecule has 104 valence electrons. The molecule has 2 saturated heterocycles. The van der Waals surface area contributed by atoms with Gasteiger partial charge in [-0.15, -0.1) is 0 Å². The van der Waals surface area contributed by atoms with Gasteiger partial charge in [-0.25, -0.2) is 0 Å². The molecule has 0 aromatic rings. The van der Waals surface area contributed by atoms with E-state index in [0.29, 0.717) is 0 Å². The molecular formula is C15H29N3. The zero-order valence-corrected chi connectivity index (χ0v) is 12.0. The minimum absolute atomic E-state index is 0.842. The lowest BCUT2D eigenvalue weighted by atomic mass is 9.85. The van der Waals surface area contributed by atoms with E-state index in [-0.39, 0.29) is 0 Å². The molecule has 0 bridgehead atoms. The number of hydrogen-bond acceptors (Lipinski definition) is 3. The maximum absolute atomic E-state index is 2.76. The highest BCUT2D eigenvalue weighted by atomic mass is 15.3. The number of piperidine rings is 1. The fourth-order valence-electron chi connectivity index (χ4n) is 3.79. The Morgan fingerprint density at radius 1 is 0.889 bits per heavy atom. The van der Waals surface area contributed by atoms with Crippen LogP contribution in [-0.4, -0.2) is 73.6 Å². The van der Waals surface area contributed by atoms with Gasteiger partial charge in [0, 0.05) is 45.3 Å². The maximum atomic E-state index is 2.76. The summed E-state index contributed by atoms with van der Waals surface area (Å²) in [5.74, 6) is 1.04. The van der Waals surface area contributed by atoms with Gasteiger partial charge in [0.2, 0.25) is 0 Å². The summed E-state index contributed by atoms with van der Waals surface area (Å²) >= 11 is 0. The third-order valence-electron chi connectivity index (χ3n) is 5.26. The third kappa shape index (κ3) is 3.06. The average molecular weight is 251 g/mol. The molecule has 18 heavy (non-hydrogen) atoms. The van der Waals surface area contributed by atoms with Crippen molar-refractivity contribution in [1.82, 2.24) is 14.7 Å². The standard InChI is InChI=1S/C15H29N3/c1-16-7-3-6-15(13-16)18-10-8-17(9-11-18)12-14-4-2-5-14/h14-15H,2-13H2,1H3. The summed E-state index contributed by atoms with van der Waals surface area (Å²) in [5, 5.41) is 0. The monoisotopic (exact) mass is 251 g/mol. The van der Waals surface area contributed by atoms with E-state index in [9.17, 15) is 0 Å². The molecule has 1 atom stereocenters. The van der Waals surface area contributed by atoms with Crippen LogP contribution in [0.1, 0.15) is 32.1 Å². The highest BCUT2D eigenvalue weighted by molar-refractivity contribution is 4.84. The molecule has 0 N–H and O–H groups in total. The van der Waals surface area contributed by atoms with Gasteiger partial charge in [0.05, 0.1) is 0 Å². The van der Waals surface area contributed by atoms with Crippen molar-refractivity contribution < 1.29 is 0 Å². The Bertz CT molecular complexity index is 256. The highest BCUT2D eigenvalue weighted by Crippen LogP contribution is 2.27. The number of rotatable bonds is 3. The van der Waals surface area contributed by atoms with Crippen LogP contribution in [0.5, 0.6) is 0 Å². The Morgan fingerprint density at radius 3 is 2.28 bits per heavy atom. The zero-order valence-electron chi connectivity index (χ0n) is 12.0. The van der Waals surface area contributed by atoms with Crippen LogP contribution >= 0.6 is 0 Å². The molecule has 3 rings (SSSR count). The lowest BCUT2D eigenvalue weighted by Crippen LogP contribution is -2.55. The number of likely N-dealkylation sites (N-methyl/N-ethyl adjacent to an activating group) is 1. The third-order valence-corrected chi connectivity index (χ3v) is 5.26. The number of nitrogens with zero attached hydrogens (tertiary/aromatic N) is 3. The second-order valence-corrected chi connectivity index (χ2v) is 6.69. The largest absolute Gasteiger partial charge is 0.305 e. The Morgan fingerprint density at radius 2 is 1.67 bits per heavy atom. The van der Waals surface area contributed by atoms with Gasteiger partial charge >= 0.3 is 0 Å². The van der Waals surface area contributed by atoms with Crippen molar-refractivity contribution in [1.29, 1.82) is 0 Å². The van der Waals surface area contributed by atoms with Gasteiger partial charge in [0.15, 0.2) is 0 Å². The fraction of sp³-hybridized carbons (Fsp3) is 1.00. The van der Waals surface area contributed by atoms with E-state index in [1.54, 1.807) is 0 Å². The van der Waals surface area contributed by atoms with Crippen LogP contribution in [0, 0.1) is 5.92 Å². The molecule has 0 aromatic heterocycles. The summed E-state index contributed by atoms with van der Waals surface area (Å²) < 4.78 is 0. The van der Waals surface area contributed by atoms with E-state index in [0.717, 1.165) is 12.0 Å². The second-order valence-electron chi connectivity index (χ2n) is 6.69. The summed E-state index contributed by atoms with van der Waals surface area (Å²) in [5.41, 5.74) is 0. The van der Waals surface area contributed by atoms with E-state index < -0.39 is 0 Å². The van der Waals surface area contributed by atoms with Crippen LogP contribution in [0.25, 0.3) is 0 Å². The molecule has 1 unspecified atom stereocenters. The molecule has 1 aliphatic carbocycles. The van der Waals surface area contributed by atoms with Crippen molar-refractivity contribution in [2.45, 2.75) is 38.1 Å². The lowest BCUT2D eigenvalue weighted by molar-refractivity contribution is 0.0477. The number of likely N-dealkylation sites (tertiary alicyclic amines) is 1. The maximum Gasteiger partial charge on any atom is 0.0224 e. The summed E-state index contributed by atoms with van der Waals surface area (Å²) in [6, 6.07) is 0.842. The first-order chi connectivity index (χ1) is 8.81. The minimum Gasteiger partial charge on any atom is -0.305 e. The predicted molar refractivity (Wildman–Crippen MR) is 75.9 cm³/mol. The average Bonchev–Trinajstić information content (AvgIpc) is 2.35. The fourth-order valence-corrected chi connectivity index (χ4v) is 3.79. The van der Waals surface area contributed by atoms with Gasteiger partial charge in [-0.3, -0.25) is 4.90 Å². The van der Waals surface area contributed by atoms with Gasteiger partial charge < -0.3 is 9.80 Å². The molecule has 3 aliphatic rings. The van der Waals surface area contributed by atoms with E-state index in [1.165, 1.54) is 77.9 Å². The smallest absolute Gasteiger partial charge is 0.0224 e. The van der Waals surface area contributed by atoms with Gasteiger partial charge in [-0.05, 0) is 45.2 Å². The highest BCUT2D eigenvalue weighted by Gasteiger charge is 2.28. The first kappa shape index (κ1) is 12.9.